The van der Waals surface area contributed by atoms with E-state index in [4.69, 9.17) is 17.3 Å². The number of pyridine rings is 1. The van der Waals surface area contributed by atoms with Crippen LogP contribution in [0.3, 0.4) is 0 Å². The van der Waals surface area contributed by atoms with Crippen LogP contribution < -0.4 is 5.73 Å². The molecule has 0 spiro atoms. The summed E-state index contributed by atoms with van der Waals surface area (Å²) in [5, 5.41) is 11.0. The number of rotatable bonds is 4. The van der Waals surface area contributed by atoms with Gasteiger partial charge < -0.3 is 10.8 Å². The predicted octanol–water partition coefficient (Wildman–Crippen LogP) is 2.05. The molecule has 0 aliphatic heterocycles. The lowest BCUT2D eigenvalue weighted by molar-refractivity contribution is 0.0143. The van der Waals surface area contributed by atoms with Gasteiger partial charge in [-0.2, -0.15) is 0 Å². The summed E-state index contributed by atoms with van der Waals surface area (Å²) in [6.07, 6.45) is 3.99. The summed E-state index contributed by atoms with van der Waals surface area (Å²) in [6, 6.07) is 3.45. The molecule has 0 saturated heterocycles. The van der Waals surface area contributed by atoms with Crippen molar-refractivity contribution in [3.05, 3.63) is 22.8 Å². The molecule has 0 atom stereocenters. The monoisotopic (exact) mass is 269 g/mol. The van der Waals surface area contributed by atoms with E-state index in [2.05, 4.69) is 9.88 Å². The van der Waals surface area contributed by atoms with Gasteiger partial charge in [-0.15, -0.1) is 0 Å². The average molecular weight is 270 g/mol. The van der Waals surface area contributed by atoms with E-state index in [0.717, 1.165) is 31.4 Å². The second-order valence-electron chi connectivity index (χ2n) is 5.27. The lowest BCUT2D eigenvalue weighted by Crippen LogP contribution is -2.39. The van der Waals surface area contributed by atoms with E-state index in [-0.39, 0.29) is 0 Å². The van der Waals surface area contributed by atoms with Gasteiger partial charge in [-0.05, 0) is 32.0 Å². The molecule has 0 radical (unpaired) electrons. The molecule has 2 rings (SSSR count). The molecule has 1 aromatic rings. The second kappa shape index (κ2) is 5.43. The first-order valence-electron chi connectivity index (χ1n) is 6.30. The molecular formula is C13H20ClN3O. The van der Waals surface area contributed by atoms with Gasteiger partial charge in [-0.3, -0.25) is 4.90 Å². The van der Waals surface area contributed by atoms with Gasteiger partial charge in [-0.25, -0.2) is 4.98 Å². The Hall–Kier alpha value is -0.840. The average Bonchev–Trinajstić information content (AvgIpc) is 2.70. The van der Waals surface area contributed by atoms with Crippen molar-refractivity contribution in [2.45, 2.75) is 37.8 Å². The first kappa shape index (κ1) is 13.6. The fraction of sp³-hybridized carbons (Fsp3) is 0.615. The van der Waals surface area contributed by atoms with Crippen molar-refractivity contribution in [1.82, 2.24) is 9.88 Å². The van der Waals surface area contributed by atoms with Crippen LogP contribution in [0.1, 0.15) is 31.4 Å². The van der Waals surface area contributed by atoms with Crippen LogP contribution in [0.15, 0.2) is 12.1 Å². The maximum Gasteiger partial charge on any atom is 0.123 e. The number of halogens is 1. The lowest BCUT2D eigenvalue weighted by atomic mass is 10.0. The quantitative estimate of drug-likeness (QED) is 0.878. The van der Waals surface area contributed by atoms with Crippen LogP contribution in [0, 0.1) is 0 Å². The number of nitrogens with zero attached hydrogens (tertiary/aromatic N) is 2. The topological polar surface area (TPSA) is 62.4 Å². The van der Waals surface area contributed by atoms with Crippen LogP contribution in [-0.4, -0.2) is 34.2 Å². The number of hydrogen-bond donors (Lipinski definition) is 2. The predicted molar refractivity (Wildman–Crippen MR) is 73.4 cm³/mol. The molecular weight excluding hydrogens is 250 g/mol. The Balaban J connectivity index is 1.98. The molecule has 3 N–H and O–H groups in total. The Morgan fingerprint density at radius 3 is 2.78 bits per heavy atom. The minimum Gasteiger partial charge on any atom is -0.389 e. The van der Waals surface area contributed by atoms with Gasteiger partial charge in [0, 0.05) is 13.1 Å². The second-order valence-corrected chi connectivity index (χ2v) is 5.68. The molecule has 1 aromatic heterocycles. The number of hydrogen-bond acceptors (Lipinski definition) is 4. The number of anilines is 1. The summed E-state index contributed by atoms with van der Waals surface area (Å²) >= 11 is 6.08. The standard InChI is InChI=1S/C13H20ClN3O/c1-17(9-13(18)6-2-3-7-13)8-11-10(14)4-5-12(15)16-11/h4-5,18H,2-3,6-9H2,1H3,(H2,15,16). The zero-order valence-electron chi connectivity index (χ0n) is 10.7. The summed E-state index contributed by atoms with van der Waals surface area (Å²) in [7, 11) is 1.97. The number of aliphatic hydroxyl groups is 1. The van der Waals surface area contributed by atoms with Crippen LogP contribution >= 0.6 is 11.6 Å². The summed E-state index contributed by atoms with van der Waals surface area (Å²) in [5.41, 5.74) is 5.88. The number of likely N-dealkylation sites (N-methyl/N-ethyl adjacent to an activating group) is 1. The van der Waals surface area contributed by atoms with Crippen molar-refractivity contribution in [3.8, 4) is 0 Å². The number of nitrogen functional groups attached to an aromatic ring is 1. The summed E-state index contributed by atoms with van der Waals surface area (Å²) in [4.78, 5) is 6.29. The van der Waals surface area contributed by atoms with Crippen LogP contribution in [0.5, 0.6) is 0 Å². The Labute approximate surface area is 113 Å². The third kappa shape index (κ3) is 3.34. The van der Waals surface area contributed by atoms with E-state index in [1.807, 2.05) is 7.05 Å². The molecule has 0 amide bonds. The van der Waals surface area contributed by atoms with E-state index >= 15 is 0 Å². The molecule has 0 unspecified atom stereocenters. The Kier molecular flexibility index (Phi) is 4.10. The third-order valence-electron chi connectivity index (χ3n) is 3.46. The maximum atomic E-state index is 10.3. The van der Waals surface area contributed by atoms with Gasteiger partial charge in [0.15, 0.2) is 0 Å². The van der Waals surface area contributed by atoms with Crippen LogP contribution in [0.25, 0.3) is 0 Å². The van der Waals surface area contributed by atoms with E-state index in [9.17, 15) is 5.11 Å². The summed E-state index contributed by atoms with van der Waals surface area (Å²) in [6.45, 7) is 1.26. The zero-order chi connectivity index (χ0) is 13.2. The highest BCUT2D eigenvalue weighted by Crippen LogP contribution is 2.30. The minimum atomic E-state index is -0.540. The van der Waals surface area contributed by atoms with Gasteiger partial charge in [0.25, 0.3) is 0 Å². The van der Waals surface area contributed by atoms with Crippen molar-refractivity contribution in [2.75, 3.05) is 19.3 Å². The van der Waals surface area contributed by atoms with Crippen molar-refractivity contribution in [2.24, 2.45) is 0 Å². The van der Waals surface area contributed by atoms with Gasteiger partial charge in [0.2, 0.25) is 0 Å². The number of nitrogens with two attached hydrogens (primary N) is 1. The van der Waals surface area contributed by atoms with Gasteiger partial charge in [-0.1, -0.05) is 24.4 Å². The third-order valence-corrected chi connectivity index (χ3v) is 3.80. The zero-order valence-corrected chi connectivity index (χ0v) is 11.5. The lowest BCUT2D eigenvalue weighted by Gasteiger charge is -2.28. The highest BCUT2D eigenvalue weighted by atomic mass is 35.5. The molecule has 18 heavy (non-hydrogen) atoms. The van der Waals surface area contributed by atoms with E-state index in [1.54, 1.807) is 12.1 Å². The van der Waals surface area contributed by atoms with E-state index in [1.165, 1.54) is 0 Å². The van der Waals surface area contributed by atoms with Crippen molar-refractivity contribution in [3.63, 3.8) is 0 Å². The highest BCUT2D eigenvalue weighted by molar-refractivity contribution is 6.31. The molecule has 5 heteroatoms. The molecule has 0 aromatic carbocycles. The first-order chi connectivity index (χ1) is 8.48. The normalized spacial score (nSPS) is 18.4. The molecule has 1 heterocycles. The van der Waals surface area contributed by atoms with Crippen LogP contribution in [0.2, 0.25) is 5.02 Å². The van der Waals surface area contributed by atoms with Crippen molar-refractivity contribution in [1.29, 1.82) is 0 Å². The maximum absolute atomic E-state index is 10.3. The number of aromatic nitrogens is 1. The Bertz CT molecular complexity index is 419. The summed E-state index contributed by atoms with van der Waals surface area (Å²) in [5.74, 6) is 0.474. The Morgan fingerprint density at radius 1 is 1.44 bits per heavy atom. The molecule has 1 fully saturated rings. The first-order valence-corrected chi connectivity index (χ1v) is 6.68. The summed E-state index contributed by atoms with van der Waals surface area (Å²) < 4.78 is 0. The fourth-order valence-corrected chi connectivity index (χ4v) is 2.78. The molecule has 100 valence electrons. The van der Waals surface area contributed by atoms with Crippen molar-refractivity contribution < 1.29 is 5.11 Å². The minimum absolute atomic E-state index is 0.474. The molecule has 0 bridgehead atoms. The molecule has 1 aliphatic rings. The Morgan fingerprint density at radius 2 is 2.11 bits per heavy atom. The van der Waals surface area contributed by atoms with Crippen LogP contribution in [0.4, 0.5) is 5.82 Å². The smallest absolute Gasteiger partial charge is 0.123 e. The van der Waals surface area contributed by atoms with Crippen molar-refractivity contribution >= 4 is 17.4 Å². The van der Waals surface area contributed by atoms with Gasteiger partial charge >= 0.3 is 0 Å². The molecule has 1 saturated carbocycles. The largest absolute Gasteiger partial charge is 0.389 e. The fourth-order valence-electron chi connectivity index (χ4n) is 2.62. The van der Waals surface area contributed by atoms with E-state index in [0.29, 0.717) is 23.9 Å². The molecule has 4 nitrogen and oxygen atoms in total. The molecule has 1 aliphatic carbocycles. The van der Waals surface area contributed by atoms with Crippen LogP contribution in [-0.2, 0) is 6.54 Å². The van der Waals surface area contributed by atoms with Gasteiger partial charge in [0.1, 0.15) is 5.82 Å². The SMILES string of the molecule is CN(Cc1nc(N)ccc1Cl)CC1(O)CCCC1. The van der Waals surface area contributed by atoms with Gasteiger partial charge in [0.05, 0.1) is 16.3 Å². The highest BCUT2D eigenvalue weighted by Gasteiger charge is 2.32. The van der Waals surface area contributed by atoms with E-state index < -0.39 is 5.60 Å².